The smallest absolute Gasteiger partial charge is 0.146 e. The van der Waals surface area contributed by atoms with Crippen molar-refractivity contribution in [2.45, 2.75) is 19.5 Å². The van der Waals surface area contributed by atoms with Gasteiger partial charge >= 0.3 is 0 Å². The molecule has 4 aromatic rings. The van der Waals surface area contributed by atoms with Gasteiger partial charge in [0.2, 0.25) is 0 Å². The van der Waals surface area contributed by atoms with E-state index in [1.807, 2.05) is 24.3 Å². The van der Waals surface area contributed by atoms with Crippen LogP contribution in [0.5, 0.6) is 11.5 Å². The summed E-state index contributed by atoms with van der Waals surface area (Å²) in [5.41, 5.74) is 5.18. The molecule has 6 rings (SSSR count). The average Bonchev–Trinajstić information content (AvgIpc) is 2.95. The summed E-state index contributed by atoms with van der Waals surface area (Å²) < 4.78 is 11.0. The van der Waals surface area contributed by atoms with Gasteiger partial charge in [0.25, 0.3) is 0 Å². The van der Waals surface area contributed by atoms with E-state index in [0.29, 0.717) is 57.0 Å². The standard InChI is InChI=1S/C29H32N4O4/c34-28-22(18-32-7-11-36-12-8-32)16-20(24-3-1-5-30-26(24)28)15-21-17-23(19-33-9-13-37-14-10-33)29(35)27-25(21)4-2-6-31-27/h1-6,16-17,34-35H,7-15,18-19H2. The maximum atomic E-state index is 11.1. The predicted octanol–water partition coefficient (Wildman–Crippen LogP) is 3.45. The van der Waals surface area contributed by atoms with Crippen LogP contribution in [0.15, 0.2) is 48.8 Å². The third kappa shape index (κ3) is 4.98. The van der Waals surface area contributed by atoms with Crippen molar-refractivity contribution in [3.8, 4) is 11.5 Å². The minimum atomic E-state index is 0.246. The molecule has 8 heteroatoms. The molecule has 2 aliphatic heterocycles. The Labute approximate surface area is 216 Å². The lowest BCUT2D eigenvalue weighted by Crippen LogP contribution is -2.35. The molecule has 2 N–H and O–H groups in total. The number of hydrogen-bond acceptors (Lipinski definition) is 8. The molecule has 0 atom stereocenters. The largest absolute Gasteiger partial charge is 0.505 e. The molecule has 37 heavy (non-hydrogen) atoms. The summed E-state index contributed by atoms with van der Waals surface area (Å²) in [6.45, 7) is 7.49. The molecule has 4 heterocycles. The topological polar surface area (TPSA) is 91.2 Å². The zero-order valence-corrected chi connectivity index (χ0v) is 20.9. The summed E-state index contributed by atoms with van der Waals surface area (Å²) in [5, 5.41) is 24.1. The van der Waals surface area contributed by atoms with E-state index < -0.39 is 0 Å². The first-order chi connectivity index (χ1) is 18.2. The van der Waals surface area contributed by atoms with Crippen LogP contribution in [0.25, 0.3) is 21.8 Å². The van der Waals surface area contributed by atoms with Crippen LogP contribution in [-0.4, -0.2) is 82.6 Å². The number of hydrogen-bond donors (Lipinski definition) is 2. The highest BCUT2D eigenvalue weighted by Gasteiger charge is 2.20. The zero-order chi connectivity index (χ0) is 25.2. The van der Waals surface area contributed by atoms with E-state index in [-0.39, 0.29) is 11.5 Å². The van der Waals surface area contributed by atoms with Crippen LogP contribution in [0.3, 0.4) is 0 Å². The van der Waals surface area contributed by atoms with Gasteiger partial charge in [-0.3, -0.25) is 19.8 Å². The first kappa shape index (κ1) is 24.1. The summed E-state index contributed by atoms with van der Waals surface area (Å²) in [6.07, 6.45) is 4.09. The van der Waals surface area contributed by atoms with Gasteiger partial charge in [0.1, 0.15) is 22.5 Å². The summed E-state index contributed by atoms with van der Waals surface area (Å²) in [4.78, 5) is 13.7. The fraction of sp³-hybridized carbons (Fsp3) is 0.379. The summed E-state index contributed by atoms with van der Waals surface area (Å²) >= 11 is 0. The zero-order valence-electron chi connectivity index (χ0n) is 20.9. The Kier molecular flexibility index (Phi) is 6.89. The van der Waals surface area contributed by atoms with E-state index in [1.54, 1.807) is 12.4 Å². The van der Waals surface area contributed by atoms with E-state index in [9.17, 15) is 10.2 Å². The normalized spacial score (nSPS) is 17.5. The molecule has 2 aromatic carbocycles. The second-order valence-corrected chi connectivity index (χ2v) is 9.84. The number of ether oxygens (including phenoxy) is 2. The summed E-state index contributed by atoms with van der Waals surface area (Å²) in [5.74, 6) is 0.493. The predicted molar refractivity (Wildman–Crippen MR) is 142 cm³/mol. The van der Waals surface area contributed by atoms with Gasteiger partial charge in [-0.1, -0.05) is 12.1 Å². The lowest BCUT2D eigenvalue weighted by molar-refractivity contribution is 0.0338. The number of benzene rings is 2. The molecule has 8 nitrogen and oxygen atoms in total. The summed E-state index contributed by atoms with van der Waals surface area (Å²) in [6, 6.07) is 12.1. The Morgan fingerprint density at radius 2 is 1.08 bits per heavy atom. The Balaban J connectivity index is 1.42. The Bertz CT molecular complexity index is 1310. The van der Waals surface area contributed by atoms with Crippen molar-refractivity contribution in [1.82, 2.24) is 19.8 Å². The number of morpholine rings is 2. The molecule has 0 radical (unpaired) electrons. The molecule has 0 spiro atoms. The second-order valence-electron chi connectivity index (χ2n) is 9.84. The number of fused-ring (bicyclic) bond motifs is 2. The van der Waals surface area contributed by atoms with Crippen molar-refractivity contribution in [2.24, 2.45) is 0 Å². The summed E-state index contributed by atoms with van der Waals surface area (Å²) in [7, 11) is 0. The van der Waals surface area contributed by atoms with Gasteiger partial charge < -0.3 is 19.7 Å². The fourth-order valence-corrected chi connectivity index (χ4v) is 5.46. The average molecular weight is 501 g/mol. The van der Waals surface area contributed by atoms with Crippen LogP contribution < -0.4 is 0 Å². The second kappa shape index (κ2) is 10.6. The van der Waals surface area contributed by atoms with Gasteiger partial charge in [-0.05, 0) is 41.8 Å². The molecule has 2 fully saturated rings. The molecular weight excluding hydrogens is 468 g/mol. The quantitative estimate of drug-likeness (QED) is 0.416. The lowest BCUT2D eigenvalue weighted by atomic mass is 9.93. The SMILES string of the molecule is Oc1c(CN2CCOCC2)cc(Cc2cc(CN3CCOCC3)c(O)c3ncccc23)c2cccnc12. The van der Waals surface area contributed by atoms with Crippen molar-refractivity contribution in [3.05, 3.63) is 71.0 Å². The van der Waals surface area contributed by atoms with Crippen molar-refractivity contribution in [2.75, 3.05) is 52.6 Å². The Hall–Kier alpha value is -3.30. The van der Waals surface area contributed by atoms with E-state index in [1.165, 1.54) is 0 Å². The van der Waals surface area contributed by atoms with E-state index >= 15 is 0 Å². The van der Waals surface area contributed by atoms with Crippen LogP contribution in [0.4, 0.5) is 0 Å². The number of pyridine rings is 2. The molecule has 2 aliphatic rings. The van der Waals surface area contributed by atoms with E-state index in [2.05, 4.69) is 31.9 Å². The lowest BCUT2D eigenvalue weighted by Gasteiger charge is -2.27. The molecule has 192 valence electrons. The van der Waals surface area contributed by atoms with E-state index in [0.717, 1.165) is 59.2 Å². The monoisotopic (exact) mass is 500 g/mol. The van der Waals surface area contributed by atoms with Crippen molar-refractivity contribution in [3.63, 3.8) is 0 Å². The molecule has 2 aromatic heterocycles. The van der Waals surface area contributed by atoms with Crippen LogP contribution in [0.2, 0.25) is 0 Å². The molecule has 0 saturated carbocycles. The fourth-order valence-electron chi connectivity index (χ4n) is 5.46. The first-order valence-corrected chi connectivity index (χ1v) is 12.9. The van der Waals surface area contributed by atoms with Gasteiger partial charge in [0, 0.05) is 73.6 Å². The number of rotatable bonds is 6. The molecule has 2 saturated heterocycles. The third-order valence-corrected chi connectivity index (χ3v) is 7.44. The number of phenols is 2. The highest BCUT2D eigenvalue weighted by Crippen LogP contribution is 2.36. The van der Waals surface area contributed by atoms with Crippen molar-refractivity contribution >= 4 is 21.8 Å². The minimum Gasteiger partial charge on any atom is -0.505 e. The third-order valence-electron chi connectivity index (χ3n) is 7.44. The van der Waals surface area contributed by atoms with Gasteiger partial charge in [0.15, 0.2) is 0 Å². The van der Waals surface area contributed by atoms with Crippen LogP contribution in [-0.2, 0) is 29.0 Å². The highest BCUT2D eigenvalue weighted by atomic mass is 16.5. The number of aromatic nitrogens is 2. The number of phenolic OH excluding ortho intramolecular Hbond substituents is 2. The maximum Gasteiger partial charge on any atom is 0.146 e. The first-order valence-electron chi connectivity index (χ1n) is 12.9. The van der Waals surface area contributed by atoms with Crippen molar-refractivity contribution in [1.29, 1.82) is 0 Å². The van der Waals surface area contributed by atoms with Gasteiger partial charge in [-0.15, -0.1) is 0 Å². The van der Waals surface area contributed by atoms with Gasteiger partial charge in [-0.2, -0.15) is 0 Å². The molecule has 0 unspecified atom stereocenters. The molecular formula is C29H32N4O4. The highest BCUT2D eigenvalue weighted by molar-refractivity contribution is 5.92. The number of nitrogens with zero attached hydrogens (tertiary/aromatic N) is 4. The molecule has 0 aliphatic carbocycles. The van der Waals surface area contributed by atoms with Crippen LogP contribution in [0, 0.1) is 0 Å². The van der Waals surface area contributed by atoms with Gasteiger partial charge in [0.05, 0.1) is 26.4 Å². The molecule has 0 amide bonds. The number of aromatic hydroxyl groups is 2. The Morgan fingerprint density at radius 3 is 1.51 bits per heavy atom. The minimum absolute atomic E-state index is 0.246. The van der Waals surface area contributed by atoms with E-state index in [4.69, 9.17) is 9.47 Å². The Morgan fingerprint density at radius 1 is 0.649 bits per heavy atom. The van der Waals surface area contributed by atoms with Crippen molar-refractivity contribution < 1.29 is 19.7 Å². The van der Waals surface area contributed by atoms with Gasteiger partial charge in [-0.25, -0.2) is 0 Å². The molecule has 0 bridgehead atoms. The van der Waals surface area contributed by atoms with Crippen LogP contribution >= 0.6 is 0 Å². The van der Waals surface area contributed by atoms with Crippen LogP contribution in [0.1, 0.15) is 22.3 Å². The maximum absolute atomic E-state index is 11.1.